The molecule has 2 heteroatoms. The molecule has 0 saturated heterocycles. The molecule has 1 saturated carbocycles. The van der Waals surface area contributed by atoms with Gasteiger partial charge in [-0.05, 0) is 24.8 Å². The van der Waals surface area contributed by atoms with Crippen molar-refractivity contribution < 1.29 is 9.53 Å². The zero-order valence-corrected chi connectivity index (χ0v) is 10.5. The lowest BCUT2D eigenvalue weighted by molar-refractivity contribution is -0.114. The molecule has 0 aromatic heterocycles. The van der Waals surface area contributed by atoms with Gasteiger partial charge in [0.05, 0.1) is 6.61 Å². The number of ketones is 1. The van der Waals surface area contributed by atoms with Crippen molar-refractivity contribution in [1.29, 1.82) is 0 Å². The summed E-state index contributed by atoms with van der Waals surface area (Å²) in [5.74, 6) is 0.326. The summed E-state index contributed by atoms with van der Waals surface area (Å²) in [5, 5.41) is 0. The van der Waals surface area contributed by atoms with Gasteiger partial charge in [0.1, 0.15) is 0 Å². The van der Waals surface area contributed by atoms with E-state index in [1.54, 1.807) is 0 Å². The van der Waals surface area contributed by atoms with E-state index < -0.39 is 0 Å². The van der Waals surface area contributed by atoms with Crippen LogP contribution < -0.4 is 0 Å². The van der Waals surface area contributed by atoms with Crippen LogP contribution in [0.5, 0.6) is 0 Å². The first-order valence-electron chi connectivity index (χ1n) is 6.64. The maximum Gasteiger partial charge on any atom is 0.158 e. The maximum absolute atomic E-state index is 11.3. The highest BCUT2D eigenvalue weighted by Crippen LogP contribution is 2.19. The number of hydrogen-bond donors (Lipinski definition) is 0. The summed E-state index contributed by atoms with van der Waals surface area (Å²) >= 11 is 0. The predicted molar refractivity (Wildman–Crippen MR) is 66.5 cm³/mol. The van der Waals surface area contributed by atoms with Crippen LogP contribution in [0.2, 0.25) is 0 Å². The van der Waals surface area contributed by atoms with Crippen LogP contribution in [0, 0.1) is 0 Å². The summed E-state index contributed by atoms with van der Waals surface area (Å²) in [6.45, 7) is 3.68. The zero-order chi connectivity index (χ0) is 11.6. The lowest BCUT2D eigenvalue weighted by atomic mass is 10.2. The van der Waals surface area contributed by atoms with Gasteiger partial charge >= 0.3 is 0 Å². The molecule has 1 aliphatic rings. The minimum absolute atomic E-state index is 0.326. The number of carbonyl (C=O) groups is 1. The Morgan fingerprint density at radius 1 is 1.19 bits per heavy atom. The van der Waals surface area contributed by atoms with Gasteiger partial charge in [-0.1, -0.05) is 38.7 Å². The van der Waals surface area contributed by atoms with Gasteiger partial charge in [0, 0.05) is 13.0 Å². The van der Waals surface area contributed by atoms with Crippen LogP contribution in [0.15, 0.2) is 11.6 Å². The molecule has 0 aliphatic heterocycles. The Labute approximate surface area is 99.1 Å². The number of Topliss-reactive ketones (excluding diaryl/α,β-unsaturated/α-hetero) is 1. The third-order valence-electron chi connectivity index (χ3n) is 3.05. The van der Waals surface area contributed by atoms with Gasteiger partial charge in [-0.2, -0.15) is 0 Å². The van der Waals surface area contributed by atoms with Crippen LogP contribution in [-0.4, -0.2) is 19.0 Å². The number of rotatable bonds is 8. The molecular formula is C14H24O2. The Bertz CT molecular complexity index is 231. The van der Waals surface area contributed by atoms with Gasteiger partial charge in [-0.15, -0.1) is 0 Å². The van der Waals surface area contributed by atoms with Crippen molar-refractivity contribution in [3.63, 3.8) is 0 Å². The molecule has 0 spiro atoms. The molecule has 1 aliphatic carbocycles. The van der Waals surface area contributed by atoms with E-state index in [0.717, 1.165) is 37.9 Å². The maximum atomic E-state index is 11.3. The molecule has 0 radical (unpaired) electrons. The van der Waals surface area contributed by atoms with Crippen molar-refractivity contribution in [2.24, 2.45) is 0 Å². The lowest BCUT2D eigenvalue weighted by Gasteiger charge is -2.01. The van der Waals surface area contributed by atoms with Gasteiger partial charge < -0.3 is 4.74 Å². The van der Waals surface area contributed by atoms with E-state index in [2.05, 4.69) is 6.92 Å². The summed E-state index contributed by atoms with van der Waals surface area (Å²) in [4.78, 5) is 11.3. The average molecular weight is 224 g/mol. The number of carbonyl (C=O) groups excluding carboxylic acids is 1. The molecule has 0 atom stereocenters. The van der Waals surface area contributed by atoms with Crippen molar-refractivity contribution >= 4 is 5.78 Å². The highest BCUT2D eigenvalue weighted by atomic mass is 16.5. The topological polar surface area (TPSA) is 26.3 Å². The smallest absolute Gasteiger partial charge is 0.158 e. The minimum Gasteiger partial charge on any atom is -0.377 e. The van der Waals surface area contributed by atoms with E-state index in [0.29, 0.717) is 12.4 Å². The largest absolute Gasteiger partial charge is 0.377 e. The molecule has 0 heterocycles. The fourth-order valence-corrected chi connectivity index (χ4v) is 2.01. The van der Waals surface area contributed by atoms with E-state index in [4.69, 9.17) is 4.74 Å². The first kappa shape index (κ1) is 13.4. The third-order valence-corrected chi connectivity index (χ3v) is 3.05. The molecule has 0 unspecified atom stereocenters. The second kappa shape index (κ2) is 8.51. The fourth-order valence-electron chi connectivity index (χ4n) is 2.01. The molecule has 2 nitrogen and oxygen atoms in total. The van der Waals surface area contributed by atoms with Gasteiger partial charge in [-0.3, -0.25) is 4.79 Å². The minimum atomic E-state index is 0.326. The molecule has 16 heavy (non-hydrogen) atoms. The molecule has 0 bridgehead atoms. The lowest BCUT2D eigenvalue weighted by Crippen LogP contribution is -1.98. The average Bonchev–Trinajstić information content (AvgIpc) is 2.68. The molecule has 1 fully saturated rings. The van der Waals surface area contributed by atoms with E-state index in [9.17, 15) is 4.79 Å². The second-order valence-electron chi connectivity index (χ2n) is 4.50. The molecule has 1 rings (SSSR count). The normalized spacial score (nSPS) is 18.6. The Hall–Kier alpha value is -0.630. The Kier molecular flexibility index (Phi) is 7.15. The summed E-state index contributed by atoms with van der Waals surface area (Å²) in [6.07, 6.45) is 11.1. The highest BCUT2D eigenvalue weighted by Gasteiger charge is 2.15. The van der Waals surface area contributed by atoms with Gasteiger partial charge in [0.2, 0.25) is 0 Å². The monoisotopic (exact) mass is 224 g/mol. The number of hydrogen-bond acceptors (Lipinski definition) is 2. The number of allylic oxidation sites excluding steroid dienone is 1. The highest BCUT2D eigenvalue weighted by molar-refractivity contribution is 5.97. The standard InChI is InChI=1S/C14H24O2/c1-2-3-4-5-6-11-16-12-10-13-8-7-9-14(13)15/h10H,2-9,11-12H2,1H3/b13-10-. The van der Waals surface area contributed by atoms with Crippen LogP contribution in [-0.2, 0) is 9.53 Å². The van der Waals surface area contributed by atoms with E-state index in [1.165, 1.54) is 25.7 Å². The van der Waals surface area contributed by atoms with Crippen molar-refractivity contribution in [1.82, 2.24) is 0 Å². The third kappa shape index (κ3) is 5.45. The Balaban J connectivity index is 1.93. The number of ether oxygens (including phenoxy) is 1. The molecule has 0 amide bonds. The number of unbranched alkanes of at least 4 members (excludes halogenated alkanes) is 4. The second-order valence-corrected chi connectivity index (χ2v) is 4.50. The molecule has 0 aromatic carbocycles. The van der Waals surface area contributed by atoms with Crippen LogP contribution in [0.4, 0.5) is 0 Å². The summed E-state index contributed by atoms with van der Waals surface area (Å²) < 4.78 is 5.50. The first-order valence-corrected chi connectivity index (χ1v) is 6.64. The van der Waals surface area contributed by atoms with E-state index in [1.807, 2.05) is 6.08 Å². The molecule has 0 N–H and O–H groups in total. The molecule has 0 aromatic rings. The van der Waals surface area contributed by atoms with Gasteiger partial charge in [0.15, 0.2) is 5.78 Å². The quantitative estimate of drug-likeness (QED) is 0.464. The van der Waals surface area contributed by atoms with Crippen LogP contribution >= 0.6 is 0 Å². The predicted octanol–water partition coefficient (Wildman–Crippen LogP) is 3.65. The van der Waals surface area contributed by atoms with Gasteiger partial charge in [0.25, 0.3) is 0 Å². The van der Waals surface area contributed by atoms with E-state index >= 15 is 0 Å². The van der Waals surface area contributed by atoms with Crippen LogP contribution in [0.1, 0.15) is 58.3 Å². The van der Waals surface area contributed by atoms with Gasteiger partial charge in [-0.25, -0.2) is 0 Å². The summed E-state index contributed by atoms with van der Waals surface area (Å²) in [5.41, 5.74) is 0.992. The summed E-state index contributed by atoms with van der Waals surface area (Å²) in [7, 11) is 0. The van der Waals surface area contributed by atoms with Crippen molar-refractivity contribution in [2.75, 3.05) is 13.2 Å². The fraction of sp³-hybridized carbons (Fsp3) is 0.786. The Morgan fingerprint density at radius 2 is 2.00 bits per heavy atom. The van der Waals surface area contributed by atoms with Crippen LogP contribution in [0.3, 0.4) is 0 Å². The zero-order valence-electron chi connectivity index (χ0n) is 10.5. The summed E-state index contributed by atoms with van der Waals surface area (Å²) in [6, 6.07) is 0. The van der Waals surface area contributed by atoms with Crippen LogP contribution in [0.25, 0.3) is 0 Å². The van der Waals surface area contributed by atoms with Crippen molar-refractivity contribution in [3.8, 4) is 0 Å². The first-order chi connectivity index (χ1) is 7.84. The van der Waals surface area contributed by atoms with E-state index in [-0.39, 0.29) is 0 Å². The SMILES string of the molecule is CCCCCCCOC/C=C1/CCCC1=O. The molecular weight excluding hydrogens is 200 g/mol. The molecule has 92 valence electrons. The Morgan fingerprint density at radius 3 is 2.69 bits per heavy atom. The van der Waals surface area contributed by atoms with Crippen molar-refractivity contribution in [2.45, 2.75) is 58.3 Å². The van der Waals surface area contributed by atoms with Crippen molar-refractivity contribution in [3.05, 3.63) is 11.6 Å².